The molecule has 0 unspecified atom stereocenters. The van der Waals surface area contributed by atoms with Crippen molar-refractivity contribution in [2.75, 3.05) is 0 Å². The van der Waals surface area contributed by atoms with E-state index in [1.165, 1.54) is 55.3 Å². The van der Waals surface area contributed by atoms with E-state index in [4.69, 9.17) is 0 Å². The summed E-state index contributed by atoms with van der Waals surface area (Å²) in [5.41, 5.74) is 9.48. The van der Waals surface area contributed by atoms with Crippen molar-refractivity contribution in [2.24, 2.45) is 0 Å². The number of hydrogen-bond acceptors (Lipinski definition) is 0. The summed E-state index contributed by atoms with van der Waals surface area (Å²) in [5, 5.41) is 3.95. The van der Waals surface area contributed by atoms with Gasteiger partial charge in [0.2, 0.25) is 0 Å². The minimum Gasteiger partial charge on any atom is -1.00 e. The van der Waals surface area contributed by atoms with Gasteiger partial charge in [-0.15, -0.1) is 41.1 Å². The Morgan fingerprint density at radius 2 is 1.48 bits per heavy atom. The van der Waals surface area contributed by atoms with E-state index < -0.39 is 0 Å². The first-order valence-corrected chi connectivity index (χ1v) is 9.89. The molecular weight excluding hydrogens is 468 g/mol. The van der Waals surface area contributed by atoms with Crippen molar-refractivity contribution in [3.63, 3.8) is 0 Å². The third-order valence-electron chi connectivity index (χ3n) is 6.05. The molecule has 0 fully saturated rings. The number of aryl methyl sites for hydroxylation is 3. The van der Waals surface area contributed by atoms with Crippen LogP contribution in [0.3, 0.4) is 0 Å². The zero-order chi connectivity index (χ0) is 19.8. The van der Waals surface area contributed by atoms with Crippen LogP contribution in [0, 0.1) is 34.6 Å². The number of aromatic nitrogens is 1. The van der Waals surface area contributed by atoms with Crippen LogP contribution in [0.1, 0.15) is 27.9 Å². The van der Waals surface area contributed by atoms with Crippen molar-refractivity contribution in [1.29, 1.82) is 0 Å². The van der Waals surface area contributed by atoms with E-state index in [0.717, 1.165) is 0 Å². The van der Waals surface area contributed by atoms with Gasteiger partial charge in [-0.2, -0.15) is 22.8 Å². The third kappa shape index (κ3) is 4.96. The van der Waals surface area contributed by atoms with Crippen molar-refractivity contribution >= 4 is 21.7 Å². The molecule has 1 heterocycles. The smallest absolute Gasteiger partial charge is 1.00 e. The van der Waals surface area contributed by atoms with Gasteiger partial charge in [0.25, 0.3) is 0 Å². The van der Waals surface area contributed by atoms with E-state index >= 15 is 0 Å². The molecule has 0 saturated carbocycles. The Balaban J connectivity index is 0.000000378. The number of benzene rings is 2. The molecule has 4 aromatic carbocycles. The fraction of sp³-hybridized carbons (Fsp3) is 0.185. The van der Waals surface area contributed by atoms with Gasteiger partial charge in [-0.25, -0.2) is 6.07 Å². The van der Waals surface area contributed by atoms with Gasteiger partial charge in [-0.3, -0.25) is 0 Å². The topological polar surface area (TPSA) is 4.93 Å². The predicted octanol–water partition coefficient (Wildman–Crippen LogP) is 1.46. The van der Waals surface area contributed by atoms with Gasteiger partial charge in [0.05, 0.1) is 5.52 Å². The molecule has 1 nitrogen and oxygen atoms in total. The molecule has 0 aliphatic rings. The summed E-state index contributed by atoms with van der Waals surface area (Å²) < 4.78 is 2.37. The molecule has 0 N–H and O–H groups in total. The molecule has 0 radical (unpaired) electrons. The molecule has 158 valence electrons. The SMILES string of the molecule is Cc1c(C)n(-c2cc3ccccc3[cH-]2)c2ccccc12.Cc1cc[c-](C)c1C.[F-].[F-].[Zr+4]. The monoisotopic (exact) mass is 493 g/mol. The van der Waals surface area contributed by atoms with Gasteiger partial charge >= 0.3 is 26.2 Å². The summed E-state index contributed by atoms with van der Waals surface area (Å²) in [7, 11) is 0. The van der Waals surface area contributed by atoms with Crippen LogP contribution in [0.2, 0.25) is 0 Å². The average Bonchev–Trinajstić information content (AvgIpc) is 3.34. The predicted molar refractivity (Wildman–Crippen MR) is 122 cm³/mol. The first-order valence-electron chi connectivity index (χ1n) is 9.89. The van der Waals surface area contributed by atoms with Gasteiger partial charge in [0.15, 0.2) is 0 Å². The summed E-state index contributed by atoms with van der Waals surface area (Å²) in [6.45, 7) is 10.8. The fourth-order valence-corrected chi connectivity index (χ4v) is 3.94. The van der Waals surface area contributed by atoms with Crippen LogP contribution in [0.4, 0.5) is 0 Å². The van der Waals surface area contributed by atoms with Crippen LogP contribution in [0.25, 0.3) is 27.4 Å². The summed E-state index contributed by atoms with van der Waals surface area (Å²) in [4.78, 5) is 0. The molecule has 0 aliphatic heterocycles. The van der Waals surface area contributed by atoms with E-state index in [0.29, 0.717) is 0 Å². The summed E-state index contributed by atoms with van der Waals surface area (Å²) in [6, 6.07) is 26.0. The second-order valence-corrected chi connectivity index (χ2v) is 7.73. The van der Waals surface area contributed by atoms with Gasteiger partial charge in [0, 0.05) is 11.1 Å². The van der Waals surface area contributed by atoms with E-state index in [1.807, 2.05) is 0 Å². The number of fused-ring (bicyclic) bond motifs is 2. The van der Waals surface area contributed by atoms with Crippen molar-refractivity contribution in [1.82, 2.24) is 4.57 Å². The minimum absolute atomic E-state index is 0. The second-order valence-electron chi connectivity index (χ2n) is 7.73. The maximum atomic E-state index is 2.37. The summed E-state index contributed by atoms with van der Waals surface area (Å²) in [6.07, 6.45) is 0. The molecule has 5 aromatic rings. The molecule has 5 rings (SSSR count). The molecule has 1 aromatic heterocycles. The van der Waals surface area contributed by atoms with Crippen LogP contribution < -0.4 is 9.41 Å². The molecule has 0 saturated heterocycles. The molecular formula is C27H27F2NZr. The Morgan fingerprint density at radius 1 is 0.839 bits per heavy atom. The Morgan fingerprint density at radius 3 is 2.06 bits per heavy atom. The van der Waals surface area contributed by atoms with Gasteiger partial charge in [-0.1, -0.05) is 45.0 Å². The fourth-order valence-electron chi connectivity index (χ4n) is 3.94. The zero-order valence-corrected chi connectivity index (χ0v) is 21.1. The second kappa shape index (κ2) is 10.8. The van der Waals surface area contributed by atoms with E-state index in [-0.39, 0.29) is 35.6 Å². The average molecular weight is 495 g/mol. The van der Waals surface area contributed by atoms with E-state index in [9.17, 15) is 0 Å². The molecule has 0 amide bonds. The first kappa shape index (κ1) is 26.7. The molecule has 0 aliphatic carbocycles. The number of hydrogen-bond donors (Lipinski definition) is 0. The Bertz CT molecular complexity index is 1220. The van der Waals surface area contributed by atoms with Crippen LogP contribution in [0.15, 0.2) is 72.8 Å². The van der Waals surface area contributed by atoms with Crippen LogP contribution in [-0.4, -0.2) is 4.57 Å². The number of halogens is 2. The summed E-state index contributed by atoms with van der Waals surface area (Å²) in [5.74, 6) is 0. The standard InChI is InChI=1S/C19H16N.C8H11.2FH.Zr/c1-13-14(2)20(19-10-6-5-9-18(13)19)17-11-15-7-3-4-8-16(15)12-17;1-6-4-5-7(2)8(6)3;;;/h3-12H,1-2H3;4-5H,1-3H3;2*1H;/q2*-1;;;+4/p-2. The van der Waals surface area contributed by atoms with Gasteiger partial charge in [-0.05, 0) is 31.2 Å². The van der Waals surface area contributed by atoms with Crippen molar-refractivity contribution < 1.29 is 35.6 Å². The van der Waals surface area contributed by atoms with Gasteiger partial charge in [0.1, 0.15) is 0 Å². The maximum absolute atomic E-state index is 2.37. The number of para-hydroxylation sites is 1. The normalized spacial score (nSPS) is 9.97. The van der Waals surface area contributed by atoms with E-state index in [2.05, 4.69) is 112 Å². The molecule has 0 spiro atoms. The van der Waals surface area contributed by atoms with Crippen molar-refractivity contribution in [3.8, 4) is 5.69 Å². The molecule has 0 atom stereocenters. The Labute approximate surface area is 202 Å². The van der Waals surface area contributed by atoms with Crippen LogP contribution >= 0.6 is 0 Å². The summed E-state index contributed by atoms with van der Waals surface area (Å²) >= 11 is 0. The minimum atomic E-state index is 0. The zero-order valence-electron chi connectivity index (χ0n) is 18.6. The van der Waals surface area contributed by atoms with Crippen molar-refractivity contribution in [2.45, 2.75) is 34.6 Å². The quantitative estimate of drug-likeness (QED) is 0.311. The Hall–Kier alpha value is -2.32. The van der Waals surface area contributed by atoms with Crippen LogP contribution in [-0.2, 0) is 26.2 Å². The number of nitrogens with zero attached hydrogens (tertiary/aromatic N) is 1. The van der Waals surface area contributed by atoms with Gasteiger partial charge < -0.3 is 14.0 Å². The maximum Gasteiger partial charge on any atom is 4.00 e. The van der Waals surface area contributed by atoms with Crippen LogP contribution in [0.5, 0.6) is 0 Å². The number of rotatable bonds is 1. The molecule has 0 bridgehead atoms. The Kier molecular flexibility index (Phi) is 9.32. The molecule has 4 heteroatoms. The van der Waals surface area contributed by atoms with E-state index in [1.54, 1.807) is 0 Å². The largest absolute Gasteiger partial charge is 4.00 e. The molecule has 31 heavy (non-hydrogen) atoms. The third-order valence-corrected chi connectivity index (χ3v) is 6.05. The van der Waals surface area contributed by atoms with Crippen molar-refractivity contribution in [3.05, 3.63) is 101 Å². The first-order chi connectivity index (χ1) is 13.5.